The number of ether oxygens (including phenoxy) is 3. The summed E-state index contributed by atoms with van der Waals surface area (Å²) in [4.78, 5) is 13.5. The monoisotopic (exact) mass is 464 g/mol. The number of carbonyl (C=O) groups excluding carboxylic acids is 1. The lowest BCUT2D eigenvalue weighted by molar-refractivity contribution is -0.189. The van der Waals surface area contributed by atoms with Gasteiger partial charge in [0.25, 0.3) is 0 Å². The molecule has 0 radical (unpaired) electrons. The van der Waals surface area contributed by atoms with Crippen LogP contribution in [-0.2, 0) is 9.47 Å². The van der Waals surface area contributed by atoms with E-state index in [0.717, 1.165) is 67.6 Å². The molecule has 1 saturated heterocycles. The summed E-state index contributed by atoms with van der Waals surface area (Å²) < 4.78 is 18.9. The molecule has 1 saturated carbocycles. The van der Waals surface area contributed by atoms with Crippen LogP contribution < -0.4 is 4.74 Å². The smallest absolute Gasteiger partial charge is 0.165 e. The highest BCUT2D eigenvalue weighted by Crippen LogP contribution is 2.47. The molecule has 1 heterocycles. The maximum Gasteiger partial charge on any atom is 0.165 e. The SMILES string of the molecule is CCOC1CC(c2ccccc2)OC2(CCC(C(=O)c3cc(C)c(OC(C)C)c(C)c3)CC2)C1. The molecular formula is C30H40O4. The van der Waals surface area contributed by atoms with Gasteiger partial charge < -0.3 is 14.2 Å². The van der Waals surface area contributed by atoms with E-state index in [1.807, 2.05) is 45.9 Å². The molecule has 0 amide bonds. The summed E-state index contributed by atoms with van der Waals surface area (Å²) in [6.07, 6.45) is 5.72. The largest absolute Gasteiger partial charge is 0.490 e. The van der Waals surface area contributed by atoms with Crippen LogP contribution in [0.3, 0.4) is 0 Å². The molecule has 2 aromatic rings. The zero-order valence-electron chi connectivity index (χ0n) is 21.4. The van der Waals surface area contributed by atoms with Gasteiger partial charge in [0.2, 0.25) is 0 Å². The minimum Gasteiger partial charge on any atom is -0.490 e. The highest BCUT2D eigenvalue weighted by atomic mass is 16.5. The summed E-state index contributed by atoms with van der Waals surface area (Å²) >= 11 is 0. The van der Waals surface area contributed by atoms with E-state index in [1.54, 1.807) is 0 Å². The molecule has 4 rings (SSSR count). The van der Waals surface area contributed by atoms with Crippen LogP contribution in [0.15, 0.2) is 42.5 Å². The molecule has 0 N–H and O–H groups in total. The van der Waals surface area contributed by atoms with Gasteiger partial charge in [0, 0.05) is 30.9 Å². The van der Waals surface area contributed by atoms with Gasteiger partial charge in [-0.1, -0.05) is 30.3 Å². The summed E-state index contributed by atoms with van der Waals surface area (Å²) in [7, 11) is 0. The van der Waals surface area contributed by atoms with Crippen LogP contribution in [-0.4, -0.2) is 30.2 Å². The van der Waals surface area contributed by atoms with Crippen LogP contribution in [0.5, 0.6) is 5.75 Å². The highest BCUT2D eigenvalue weighted by molar-refractivity contribution is 5.98. The lowest BCUT2D eigenvalue weighted by atomic mass is 9.72. The Labute approximate surface area is 205 Å². The molecular weight excluding hydrogens is 424 g/mol. The minimum absolute atomic E-state index is 0.0486. The van der Waals surface area contributed by atoms with Crippen LogP contribution in [0.2, 0.25) is 0 Å². The third-order valence-corrected chi connectivity index (χ3v) is 7.41. The third kappa shape index (κ3) is 5.55. The van der Waals surface area contributed by atoms with Crippen LogP contribution in [0.4, 0.5) is 0 Å². The number of rotatable bonds is 7. The molecule has 1 aliphatic carbocycles. The predicted octanol–water partition coefficient (Wildman–Crippen LogP) is 7.16. The summed E-state index contributed by atoms with van der Waals surface area (Å²) in [5.74, 6) is 1.21. The third-order valence-electron chi connectivity index (χ3n) is 7.41. The lowest BCUT2D eigenvalue weighted by Crippen LogP contribution is -2.47. The lowest BCUT2D eigenvalue weighted by Gasteiger charge is -2.48. The molecule has 0 aromatic heterocycles. The molecule has 1 spiro atoms. The zero-order valence-corrected chi connectivity index (χ0v) is 21.4. The summed E-state index contributed by atoms with van der Waals surface area (Å²) in [6, 6.07) is 14.5. The van der Waals surface area contributed by atoms with Crippen molar-refractivity contribution >= 4 is 5.78 Å². The second-order valence-electron chi connectivity index (χ2n) is 10.5. The van der Waals surface area contributed by atoms with Crippen molar-refractivity contribution < 1.29 is 19.0 Å². The van der Waals surface area contributed by atoms with Crippen molar-refractivity contribution in [2.75, 3.05) is 6.61 Å². The quantitative estimate of drug-likeness (QED) is 0.408. The van der Waals surface area contributed by atoms with E-state index in [0.29, 0.717) is 0 Å². The van der Waals surface area contributed by atoms with Gasteiger partial charge in [-0.05, 0) is 89.1 Å². The summed E-state index contributed by atoms with van der Waals surface area (Å²) in [5, 5.41) is 0. The molecule has 34 heavy (non-hydrogen) atoms. The van der Waals surface area contributed by atoms with E-state index >= 15 is 0 Å². The van der Waals surface area contributed by atoms with Crippen LogP contribution in [0.1, 0.15) is 92.4 Å². The molecule has 2 aliphatic rings. The minimum atomic E-state index is -0.198. The first-order valence-electron chi connectivity index (χ1n) is 13.0. The Kier molecular flexibility index (Phi) is 7.79. The maximum atomic E-state index is 13.5. The first-order chi connectivity index (χ1) is 16.3. The van der Waals surface area contributed by atoms with Gasteiger partial charge in [0.1, 0.15) is 5.75 Å². The standard InChI is InChI=1S/C30H40O4/c1-6-32-26-18-27(23-10-8-7-9-11-23)34-30(19-26)14-12-24(13-15-30)28(31)25-16-21(4)29(22(5)17-25)33-20(2)3/h7-11,16-17,20,24,26-27H,6,12-15,18-19H2,1-5H3. The molecule has 184 valence electrons. The first kappa shape index (κ1) is 24.9. The fraction of sp³-hybridized carbons (Fsp3) is 0.567. The van der Waals surface area contributed by atoms with Crippen LogP contribution >= 0.6 is 0 Å². The van der Waals surface area contributed by atoms with Gasteiger partial charge >= 0.3 is 0 Å². The number of benzene rings is 2. The van der Waals surface area contributed by atoms with E-state index in [1.165, 1.54) is 5.56 Å². The number of hydrogen-bond donors (Lipinski definition) is 0. The molecule has 2 aromatic carbocycles. The summed E-state index contributed by atoms with van der Waals surface area (Å²) in [6.45, 7) is 10.9. The van der Waals surface area contributed by atoms with Crippen molar-refractivity contribution in [2.45, 2.75) is 97.1 Å². The van der Waals surface area contributed by atoms with Gasteiger partial charge in [-0.15, -0.1) is 0 Å². The number of hydrogen-bond acceptors (Lipinski definition) is 4. The van der Waals surface area contributed by atoms with Crippen molar-refractivity contribution in [2.24, 2.45) is 5.92 Å². The molecule has 0 bridgehead atoms. The van der Waals surface area contributed by atoms with Crippen LogP contribution in [0.25, 0.3) is 0 Å². The normalized spacial score (nSPS) is 27.2. The van der Waals surface area contributed by atoms with Crippen molar-refractivity contribution in [1.82, 2.24) is 0 Å². The number of aryl methyl sites for hydroxylation is 2. The van der Waals surface area contributed by atoms with Crippen molar-refractivity contribution in [3.63, 3.8) is 0 Å². The molecule has 2 atom stereocenters. The average molecular weight is 465 g/mol. The van der Waals surface area contributed by atoms with Gasteiger partial charge in [0.05, 0.1) is 23.9 Å². The fourth-order valence-corrected chi connectivity index (χ4v) is 5.85. The second-order valence-corrected chi connectivity index (χ2v) is 10.5. The molecule has 2 fully saturated rings. The van der Waals surface area contributed by atoms with Crippen molar-refractivity contribution in [3.8, 4) is 5.75 Å². The zero-order chi connectivity index (χ0) is 24.3. The van der Waals surface area contributed by atoms with Crippen molar-refractivity contribution in [1.29, 1.82) is 0 Å². The number of ketones is 1. The topological polar surface area (TPSA) is 44.8 Å². The van der Waals surface area contributed by atoms with E-state index < -0.39 is 0 Å². The van der Waals surface area contributed by atoms with Gasteiger partial charge in [-0.3, -0.25) is 4.79 Å². The highest BCUT2D eigenvalue weighted by Gasteiger charge is 2.45. The fourth-order valence-electron chi connectivity index (χ4n) is 5.85. The van der Waals surface area contributed by atoms with Crippen LogP contribution in [0, 0.1) is 19.8 Å². The Morgan fingerprint density at radius 1 is 1.09 bits per heavy atom. The van der Waals surface area contributed by atoms with Gasteiger partial charge in [0.15, 0.2) is 5.78 Å². The Balaban J connectivity index is 1.46. The summed E-state index contributed by atoms with van der Waals surface area (Å²) in [5.41, 5.74) is 3.90. The maximum absolute atomic E-state index is 13.5. The molecule has 4 nitrogen and oxygen atoms in total. The molecule has 4 heteroatoms. The predicted molar refractivity (Wildman–Crippen MR) is 136 cm³/mol. The Bertz CT molecular complexity index is 950. The molecule has 2 unspecified atom stereocenters. The van der Waals surface area contributed by atoms with Crippen molar-refractivity contribution in [3.05, 3.63) is 64.7 Å². The average Bonchev–Trinajstić information content (AvgIpc) is 2.82. The van der Waals surface area contributed by atoms with Gasteiger partial charge in [-0.2, -0.15) is 0 Å². The number of carbonyl (C=O) groups is 1. The van der Waals surface area contributed by atoms with E-state index in [2.05, 4.69) is 31.2 Å². The van der Waals surface area contributed by atoms with E-state index in [-0.39, 0.29) is 35.6 Å². The van der Waals surface area contributed by atoms with Gasteiger partial charge in [-0.25, -0.2) is 0 Å². The Morgan fingerprint density at radius 3 is 2.32 bits per heavy atom. The molecule has 1 aliphatic heterocycles. The van der Waals surface area contributed by atoms with E-state index in [4.69, 9.17) is 14.2 Å². The Morgan fingerprint density at radius 2 is 1.74 bits per heavy atom. The second kappa shape index (κ2) is 10.6. The number of Topliss-reactive ketones (excluding diaryl/α,β-unsaturated/α-hetero) is 1. The first-order valence-corrected chi connectivity index (χ1v) is 13.0. The Hall–Kier alpha value is -2.17. The van der Waals surface area contributed by atoms with E-state index in [9.17, 15) is 4.79 Å².